The van der Waals surface area contributed by atoms with Crippen LogP contribution < -0.4 is 5.32 Å². The van der Waals surface area contributed by atoms with E-state index in [0.717, 1.165) is 11.0 Å². The lowest BCUT2D eigenvalue weighted by molar-refractivity contribution is -0.136. The molecule has 0 aromatic heterocycles. The summed E-state index contributed by atoms with van der Waals surface area (Å²) >= 11 is 3.49. The van der Waals surface area contributed by atoms with Gasteiger partial charge in [-0.15, -0.1) is 0 Å². The molecule has 1 aromatic carbocycles. The number of carboxylic acid groups (broad SMARTS) is 1. The second-order valence-corrected chi connectivity index (χ2v) is 6.08. The summed E-state index contributed by atoms with van der Waals surface area (Å²) in [5.41, 5.74) is 2.51. The molecule has 0 atom stereocenters. The van der Waals surface area contributed by atoms with Gasteiger partial charge >= 0.3 is 5.97 Å². The van der Waals surface area contributed by atoms with Crippen LogP contribution in [0, 0.1) is 6.92 Å². The van der Waals surface area contributed by atoms with Crippen LogP contribution in [0.25, 0.3) is 0 Å². The molecular formula is C14H20BrNO2. The number of hydrogen-bond acceptors (Lipinski definition) is 2. The van der Waals surface area contributed by atoms with Crippen LogP contribution in [0.15, 0.2) is 22.7 Å². The van der Waals surface area contributed by atoms with E-state index in [1.165, 1.54) is 11.1 Å². The fraction of sp³-hybridized carbons (Fsp3) is 0.500. The Bertz CT molecular complexity index is 430. The number of carboxylic acids is 1. The van der Waals surface area contributed by atoms with Gasteiger partial charge in [0.05, 0.1) is 6.42 Å². The van der Waals surface area contributed by atoms with Crippen molar-refractivity contribution in [2.75, 3.05) is 13.1 Å². The number of hydrogen-bond donors (Lipinski definition) is 2. The van der Waals surface area contributed by atoms with E-state index in [9.17, 15) is 4.79 Å². The molecule has 0 bridgehead atoms. The zero-order valence-electron chi connectivity index (χ0n) is 11.1. The van der Waals surface area contributed by atoms with Gasteiger partial charge in [-0.25, -0.2) is 0 Å². The van der Waals surface area contributed by atoms with E-state index in [1.807, 2.05) is 6.07 Å². The number of aryl methyl sites for hydroxylation is 1. The largest absolute Gasteiger partial charge is 0.481 e. The van der Waals surface area contributed by atoms with Gasteiger partial charge in [-0.05, 0) is 30.2 Å². The van der Waals surface area contributed by atoms with Crippen molar-refractivity contribution < 1.29 is 9.90 Å². The molecule has 2 N–H and O–H groups in total. The van der Waals surface area contributed by atoms with Gasteiger partial charge in [-0.1, -0.05) is 35.8 Å². The highest BCUT2D eigenvalue weighted by molar-refractivity contribution is 9.10. The minimum absolute atomic E-state index is 0.0215. The molecule has 0 aliphatic heterocycles. The number of carbonyl (C=O) groups is 1. The fourth-order valence-electron chi connectivity index (χ4n) is 2.01. The molecule has 0 aliphatic rings. The molecule has 0 saturated carbocycles. The first-order valence-electron chi connectivity index (χ1n) is 6.02. The van der Waals surface area contributed by atoms with Crippen LogP contribution in [-0.4, -0.2) is 24.2 Å². The third-order valence-electron chi connectivity index (χ3n) is 3.01. The van der Waals surface area contributed by atoms with Crippen molar-refractivity contribution in [2.45, 2.75) is 32.6 Å². The monoisotopic (exact) mass is 313 g/mol. The average Bonchev–Trinajstić information content (AvgIpc) is 2.27. The quantitative estimate of drug-likeness (QED) is 0.793. The van der Waals surface area contributed by atoms with Crippen LogP contribution in [-0.2, 0) is 10.2 Å². The maximum absolute atomic E-state index is 10.4. The first-order valence-corrected chi connectivity index (χ1v) is 6.81. The molecule has 4 heteroatoms. The van der Waals surface area contributed by atoms with Gasteiger partial charge in [0, 0.05) is 23.0 Å². The van der Waals surface area contributed by atoms with Gasteiger partial charge < -0.3 is 10.4 Å². The van der Waals surface area contributed by atoms with Gasteiger partial charge in [-0.3, -0.25) is 4.79 Å². The lowest BCUT2D eigenvalue weighted by atomic mass is 9.82. The van der Waals surface area contributed by atoms with E-state index in [4.69, 9.17) is 5.11 Å². The Hall–Kier alpha value is -0.870. The smallest absolute Gasteiger partial charge is 0.304 e. The van der Waals surface area contributed by atoms with Crippen LogP contribution in [0.2, 0.25) is 0 Å². The molecule has 100 valence electrons. The lowest BCUT2D eigenvalue weighted by Gasteiger charge is -2.27. The Morgan fingerprint density at radius 2 is 2.11 bits per heavy atom. The minimum Gasteiger partial charge on any atom is -0.481 e. The predicted molar refractivity (Wildman–Crippen MR) is 77.0 cm³/mol. The molecular weight excluding hydrogens is 294 g/mol. The standard InChI is InChI=1S/C14H20BrNO2/c1-10-4-5-11(15)8-12(10)14(2,3)9-16-7-6-13(17)18/h4-5,8,16H,6-7,9H2,1-3H3,(H,17,18). The molecule has 3 nitrogen and oxygen atoms in total. The summed E-state index contributed by atoms with van der Waals surface area (Å²) in [6, 6.07) is 6.26. The van der Waals surface area contributed by atoms with Crippen molar-refractivity contribution >= 4 is 21.9 Å². The Kier molecular flexibility index (Phi) is 5.35. The molecule has 0 fully saturated rings. The average molecular weight is 314 g/mol. The van der Waals surface area contributed by atoms with Crippen LogP contribution in [0.1, 0.15) is 31.4 Å². The molecule has 0 spiro atoms. The fourth-order valence-corrected chi connectivity index (χ4v) is 2.38. The van der Waals surface area contributed by atoms with Gasteiger partial charge in [-0.2, -0.15) is 0 Å². The number of halogens is 1. The number of rotatable bonds is 6. The van der Waals surface area contributed by atoms with E-state index in [2.05, 4.69) is 54.2 Å². The van der Waals surface area contributed by atoms with Crippen molar-refractivity contribution in [3.8, 4) is 0 Å². The van der Waals surface area contributed by atoms with E-state index in [-0.39, 0.29) is 11.8 Å². The van der Waals surface area contributed by atoms with Crippen molar-refractivity contribution in [3.63, 3.8) is 0 Å². The summed E-state index contributed by atoms with van der Waals surface area (Å²) in [4.78, 5) is 10.4. The molecule has 0 radical (unpaired) electrons. The van der Waals surface area contributed by atoms with E-state index >= 15 is 0 Å². The zero-order chi connectivity index (χ0) is 13.8. The maximum atomic E-state index is 10.4. The highest BCUT2D eigenvalue weighted by Crippen LogP contribution is 2.28. The van der Waals surface area contributed by atoms with Crippen LogP contribution in [0.4, 0.5) is 0 Å². The molecule has 0 aliphatic carbocycles. The van der Waals surface area contributed by atoms with E-state index < -0.39 is 5.97 Å². The minimum atomic E-state index is -0.765. The number of benzene rings is 1. The van der Waals surface area contributed by atoms with E-state index in [1.54, 1.807) is 0 Å². The van der Waals surface area contributed by atoms with Crippen molar-refractivity contribution in [1.82, 2.24) is 5.32 Å². The topological polar surface area (TPSA) is 49.3 Å². The predicted octanol–water partition coefficient (Wildman–Crippen LogP) is 3.10. The van der Waals surface area contributed by atoms with Gasteiger partial charge in [0.1, 0.15) is 0 Å². The maximum Gasteiger partial charge on any atom is 0.304 e. The Balaban J connectivity index is 2.67. The number of aliphatic carboxylic acids is 1. The molecule has 1 rings (SSSR count). The summed E-state index contributed by atoms with van der Waals surface area (Å²) in [6.07, 6.45) is 0.160. The second-order valence-electron chi connectivity index (χ2n) is 5.16. The molecule has 1 aromatic rings. The van der Waals surface area contributed by atoms with Gasteiger partial charge in [0.2, 0.25) is 0 Å². The summed E-state index contributed by atoms with van der Waals surface area (Å²) in [5.74, 6) is -0.765. The van der Waals surface area contributed by atoms with Crippen molar-refractivity contribution in [3.05, 3.63) is 33.8 Å². The van der Waals surface area contributed by atoms with Crippen LogP contribution in [0.3, 0.4) is 0 Å². The summed E-state index contributed by atoms with van der Waals surface area (Å²) in [5, 5.41) is 11.8. The van der Waals surface area contributed by atoms with Gasteiger partial charge in [0.15, 0.2) is 0 Å². The van der Waals surface area contributed by atoms with Gasteiger partial charge in [0.25, 0.3) is 0 Å². The number of nitrogens with one attached hydrogen (secondary N) is 1. The molecule has 0 saturated heterocycles. The second kappa shape index (κ2) is 6.34. The van der Waals surface area contributed by atoms with E-state index in [0.29, 0.717) is 6.54 Å². The van der Waals surface area contributed by atoms with Crippen molar-refractivity contribution in [2.24, 2.45) is 0 Å². The molecule has 0 unspecified atom stereocenters. The van der Waals surface area contributed by atoms with Crippen LogP contribution in [0.5, 0.6) is 0 Å². The summed E-state index contributed by atoms with van der Waals surface area (Å²) in [7, 11) is 0. The summed E-state index contributed by atoms with van der Waals surface area (Å²) < 4.78 is 1.07. The normalized spacial score (nSPS) is 11.6. The van der Waals surface area contributed by atoms with Crippen molar-refractivity contribution in [1.29, 1.82) is 0 Å². The Morgan fingerprint density at radius 3 is 2.72 bits per heavy atom. The molecule has 18 heavy (non-hydrogen) atoms. The molecule has 0 amide bonds. The third kappa shape index (κ3) is 4.42. The third-order valence-corrected chi connectivity index (χ3v) is 3.50. The zero-order valence-corrected chi connectivity index (χ0v) is 12.7. The SMILES string of the molecule is Cc1ccc(Br)cc1C(C)(C)CNCCC(=O)O. The Morgan fingerprint density at radius 1 is 1.44 bits per heavy atom. The summed E-state index contributed by atoms with van der Waals surface area (Å²) in [6.45, 7) is 7.69. The first-order chi connectivity index (χ1) is 8.33. The Labute approximate surface area is 117 Å². The molecule has 0 heterocycles. The first kappa shape index (κ1) is 15.2. The lowest BCUT2D eigenvalue weighted by Crippen LogP contribution is -2.34. The highest BCUT2D eigenvalue weighted by atomic mass is 79.9. The van der Waals surface area contributed by atoms with Crippen LogP contribution >= 0.6 is 15.9 Å². The highest BCUT2D eigenvalue weighted by Gasteiger charge is 2.22.